The van der Waals surface area contributed by atoms with Gasteiger partial charge in [0, 0.05) is 20.8 Å². The van der Waals surface area contributed by atoms with Crippen molar-refractivity contribution in [2.75, 3.05) is 5.75 Å². The molecule has 0 spiro atoms. The van der Waals surface area contributed by atoms with Crippen LogP contribution in [0.2, 0.25) is 0 Å². The average Bonchev–Trinajstić information content (AvgIpc) is 2.61. The number of hydrogen-bond donors (Lipinski definition) is 0. The summed E-state index contributed by atoms with van der Waals surface area (Å²) in [7, 11) is 0. The first-order chi connectivity index (χ1) is 11.3. The Morgan fingerprint density at radius 3 is 1.87 bits per heavy atom. The van der Waals surface area contributed by atoms with Gasteiger partial charge in [0.05, 0.1) is 0 Å². The van der Waals surface area contributed by atoms with Gasteiger partial charge in [0.25, 0.3) is 0 Å². The molecule has 0 aliphatic heterocycles. The Morgan fingerprint density at radius 1 is 0.696 bits per heavy atom. The molecule has 0 nitrogen and oxygen atoms in total. The summed E-state index contributed by atoms with van der Waals surface area (Å²) in [6.45, 7) is 0. The van der Waals surface area contributed by atoms with Crippen LogP contribution in [0.1, 0.15) is 10.8 Å². The van der Waals surface area contributed by atoms with E-state index in [2.05, 4.69) is 36.4 Å². The van der Waals surface area contributed by atoms with Crippen molar-refractivity contribution in [2.24, 2.45) is 0 Å². The second-order valence-corrected chi connectivity index (χ2v) is 7.46. The van der Waals surface area contributed by atoms with Gasteiger partial charge in [-0.25, -0.2) is 4.39 Å². The van der Waals surface area contributed by atoms with E-state index in [1.54, 1.807) is 12.1 Å². The molecule has 1 atom stereocenters. The zero-order valence-electron chi connectivity index (χ0n) is 12.6. The molecule has 23 heavy (non-hydrogen) atoms. The van der Waals surface area contributed by atoms with Gasteiger partial charge in [0.2, 0.25) is 0 Å². The van der Waals surface area contributed by atoms with E-state index in [0.717, 1.165) is 11.3 Å². The Bertz CT molecular complexity index is 712. The van der Waals surface area contributed by atoms with E-state index in [1.165, 1.54) is 9.79 Å². The third-order valence-electron chi connectivity index (χ3n) is 3.41. The molecule has 0 N–H and O–H groups in total. The van der Waals surface area contributed by atoms with Crippen LogP contribution in [0.5, 0.6) is 0 Å². The van der Waals surface area contributed by atoms with Gasteiger partial charge in [-0.1, -0.05) is 48.5 Å². The highest BCUT2D eigenvalue weighted by Crippen LogP contribution is 2.39. The largest absolute Gasteiger partial charge is 0.207 e. The fourth-order valence-electron chi connectivity index (χ4n) is 2.23. The van der Waals surface area contributed by atoms with E-state index < -0.39 is 0 Å². The Balaban J connectivity index is 1.76. The SMILES string of the molecule is Fc1ccc(C(CSc2ccccc2)Sc2ccccc2)cc1. The third kappa shape index (κ3) is 4.88. The molecule has 3 aromatic rings. The van der Waals surface area contributed by atoms with Crippen molar-refractivity contribution >= 4 is 23.5 Å². The first-order valence-corrected chi connectivity index (χ1v) is 9.33. The molecular weight excluding hydrogens is 323 g/mol. The van der Waals surface area contributed by atoms with Crippen LogP contribution < -0.4 is 0 Å². The van der Waals surface area contributed by atoms with Crippen molar-refractivity contribution in [3.05, 3.63) is 96.3 Å². The Kier molecular flexibility index (Phi) is 5.78. The minimum atomic E-state index is -0.187. The van der Waals surface area contributed by atoms with E-state index >= 15 is 0 Å². The number of halogens is 1. The maximum Gasteiger partial charge on any atom is 0.123 e. The van der Waals surface area contributed by atoms with Gasteiger partial charge in [-0.05, 0) is 42.0 Å². The monoisotopic (exact) mass is 340 g/mol. The molecule has 116 valence electrons. The van der Waals surface area contributed by atoms with Gasteiger partial charge >= 0.3 is 0 Å². The van der Waals surface area contributed by atoms with E-state index in [1.807, 2.05) is 59.9 Å². The van der Waals surface area contributed by atoms with Crippen LogP contribution in [0, 0.1) is 5.82 Å². The van der Waals surface area contributed by atoms with E-state index in [4.69, 9.17) is 0 Å². The van der Waals surface area contributed by atoms with Crippen molar-refractivity contribution in [1.82, 2.24) is 0 Å². The predicted octanol–water partition coefficient (Wildman–Crippen LogP) is 6.45. The third-order valence-corrected chi connectivity index (χ3v) is 5.99. The fraction of sp³-hybridized carbons (Fsp3) is 0.100. The second kappa shape index (κ2) is 8.23. The number of benzene rings is 3. The zero-order chi connectivity index (χ0) is 15.9. The lowest BCUT2D eigenvalue weighted by molar-refractivity contribution is 0.627. The summed E-state index contributed by atoms with van der Waals surface area (Å²) < 4.78 is 13.2. The normalized spacial score (nSPS) is 12.0. The number of thioether (sulfide) groups is 2. The Morgan fingerprint density at radius 2 is 1.26 bits per heavy atom. The van der Waals surface area contributed by atoms with E-state index in [-0.39, 0.29) is 11.1 Å². The van der Waals surface area contributed by atoms with Crippen molar-refractivity contribution in [3.8, 4) is 0 Å². The molecule has 0 aliphatic rings. The smallest absolute Gasteiger partial charge is 0.123 e. The number of rotatable bonds is 6. The maximum atomic E-state index is 13.2. The standard InChI is InChI=1S/C20H17FS2/c21-17-13-11-16(12-14-17)20(23-19-9-5-2-6-10-19)15-22-18-7-3-1-4-8-18/h1-14,20H,15H2. The summed E-state index contributed by atoms with van der Waals surface area (Å²) in [5.41, 5.74) is 1.16. The molecule has 0 saturated carbocycles. The summed E-state index contributed by atoms with van der Waals surface area (Å²) >= 11 is 3.66. The molecule has 0 radical (unpaired) electrons. The van der Waals surface area contributed by atoms with Gasteiger partial charge in [0.1, 0.15) is 5.82 Å². The molecule has 0 amide bonds. The van der Waals surface area contributed by atoms with Gasteiger partial charge in [-0.15, -0.1) is 23.5 Å². The van der Waals surface area contributed by atoms with E-state index in [0.29, 0.717) is 0 Å². The Hall–Kier alpha value is -1.71. The highest BCUT2D eigenvalue weighted by molar-refractivity contribution is 8.03. The summed E-state index contributed by atoms with van der Waals surface area (Å²) in [6, 6.07) is 27.6. The molecule has 0 bridgehead atoms. The lowest BCUT2D eigenvalue weighted by Crippen LogP contribution is -1.98. The minimum absolute atomic E-state index is 0.187. The first-order valence-electron chi connectivity index (χ1n) is 7.46. The molecular formula is C20H17FS2. The minimum Gasteiger partial charge on any atom is -0.207 e. The number of hydrogen-bond acceptors (Lipinski definition) is 2. The van der Waals surface area contributed by atoms with E-state index in [9.17, 15) is 4.39 Å². The molecule has 0 aromatic heterocycles. The quantitative estimate of drug-likeness (QED) is 0.473. The summed E-state index contributed by atoms with van der Waals surface area (Å²) in [4.78, 5) is 2.49. The molecule has 3 rings (SSSR count). The molecule has 1 unspecified atom stereocenters. The van der Waals surface area contributed by atoms with Crippen LogP contribution in [0.4, 0.5) is 4.39 Å². The molecule has 3 aromatic carbocycles. The molecule has 0 heterocycles. The van der Waals surface area contributed by atoms with Crippen LogP contribution in [0.25, 0.3) is 0 Å². The van der Waals surface area contributed by atoms with Gasteiger partial charge < -0.3 is 0 Å². The van der Waals surface area contributed by atoms with Crippen LogP contribution in [-0.2, 0) is 0 Å². The topological polar surface area (TPSA) is 0 Å². The summed E-state index contributed by atoms with van der Waals surface area (Å²) in [6.07, 6.45) is 0. The highest BCUT2D eigenvalue weighted by Gasteiger charge is 2.14. The van der Waals surface area contributed by atoms with Crippen molar-refractivity contribution in [2.45, 2.75) is 15.0 Å². The van der Waals surface area contributed by atoms with Crippen molar-refractivity contribution in [1.29, 1.82) is 0 Å². The summed E-state index contributed by atoms with van der Waals surface area (Å²) in [5.74, 6) is 0.753. The zero-order valence-corrected chi connectivity index (χ0v) is 14.2. The lowest BCUT2D eigenvalue weighted by atomic mass is 10.2. The van der Waals surface area contributed by atoms with Gasteiger partial charge in [-0.2, -0.15) is 0 Å². The average molecular weight is 340 g/mol. The molecule has 0 fully saturated rings. The molecule has 0 saturated heterocycles. The second-order valence-electron chi connectivity index (χ2n) is 5.10. The first kappa shape index (κ1) is 16.2. The fourth-order valence-corrected chi connectivity index (χ4v) is 4.53. The van der Waals surface area contributed by atoms with Gasteiger partial charge in [-0.3, -0.25) is 0 Å². The van der Waals surface area contributed by atoms with Crippen molar-refractivity contribution in [3.63, 3.8) is 0 Å². The van der Waals surface area contributed by atoms with Crippen molar-refractivity contribution < 1.29 is 4.39 Å². The highest BCUT2D eigenvalue weighted by atomic mass is 32.2. The van der Waals surface area contributed by atoms with Crippen LogP contribution in [-0.4, -0.2) is 5.75 Å². The van der Waals surface area contributed by atoms with Gasteiger partial charge in [0.15, 0.2) is 0 Å². The predicted molar refractivity (Wildman–Crippen MR) is 98.6 cm³/mol. The van der Waals surface area contributed by atoms with Crippen LogP contribution in [0.3, 0.4) is 0 Å². The maximum absolute atomic E-state index is 13.2. The Labute approximate surface area is 145 Å². The molecule has 3 heteroatoms. The van der Waals surface area contributed by atoms with Crippen LogP contribution in [0.15, 0.2) is 94.7 Å². The molecule has 0 aliphatic carbocycles. The lowest BCUT2D eigenvalue weighted by Gasteiger charge is -2.17. The summed E-state index contributed by atoms with van der Waals surface area (Å²) in [5, 5.41) is 0.281. The van der Waals surface area contributed by atoms with Crippen LogP contribution >= 0.6 is 23.5 Å².